The van der Waals surface area contributed by atoms with Gasteiger partial charge in [0.2, 0.25) is 0 Å². The van der Waals surface area contributed by atoms with Gasteiger partial charge in [-0.15, -0.1) is 0 Å². The summed E-state index contributed by atoms with van der Waals surface area (Å²) in [4.78, 5) is 2.50. The van der Waals surface area contributed by atoms with Gasteiger partial charge in [-0.25, -0.2) is 0 Å². The fourth-order valence-electron chi connectivity index (χ4n) is 2.19. The van der Waals surface area contributed by atoms with E-state index in [9.17, 15) is 0 Å². The lowest BCUT2D eigenvalue weighted by Gasteiger charge is -2.35. The van der Waals surface area contributed by atoms with Crippen molar-refractivity contribution in [1.29, 1.82) is 5.26 Å². The van der Waals surface area contributed by atoms with E-state index in [-0.39, 0.29) is 0 Å². The normalized spacial score (nSPS) is 26.7. The minimum atomic E-state index is 0.507. The number of hydrogen-bond donors (Lipinski definition) is 0. The van der Waals surface area contributed by atoms with E-state index < -0.39 is 0 Å². The predicted octanol–water partition coefficient (Wildman–Crippen LogP) is 2.41. The molecular formula is C11H20N2. The van der Waals surface area contributed by atoms with Crippen molar-refractivity contribution in [2.45, 2.75) is 45.6 Å². The van der Waals surface area contributed by atoms with Gasteiger partial charge in [0.15, 0.2) is 0 Å². The highest BCUT2D eigenvalue weighted by Gasteiger charge is 2.22. The Morgan fingerprint density at radius 1 is 1.62 bits per heavy atom. The zero-order valence-corrected chi connectivity index (χ0v) is 8.79. The van der Waals surface area contributed by atoms with Crippen LogP contribution < -0.4 is 0 Å². The summed E-state index contributed by atoms with van der Waals surface area (Å²) in [7, 11) is 0. The second-order valence-corrected chi connectivity index (χ2v) is 4.17. The summed E-state index contributed by atoms with van der Waals surface area (Å²) in [6.45, 7) is 6.89. The first-order chi connectivity index (χ1) is 6.27. The van der Waals surface area contributed by atoms with Crippen LogP contribution in [0.2, 0.25) is 0 Å². The van der Waals surface area contributed by atoms with Crippen LogP contribution in [0, 0.1) is 17.2 Å². The summed E-state index contributed by atoms with van der Waals surface area (Å²) in [6.07, 6.45) is 4.48. The van der Waals surface area contributed by atoms with E-state index in [1.165, 1.54) is 25.9 Å². The average Bonchev–Trinajstić information content (AvgIpc) is 2.14. The summed E-state index contributed by atoms with van der Waals surface area (Å²) in [5.41, 5.74) is 0. The third kappa shape index (κ3) is 3.00. The Hall–Kier alpha value is -0.550. The molecule has 13 heavy (non-hydrogen) atoms. The molecule has 0 radical (unpaired) electrons. The highest BCUT2D eigenvalue weighted by molar-refractivity contribution is 4.84. The molecule has 1 rings (SSSR count). The lowest BCUT2D eigenvalue weighted by molar-refractivity contribution is 0.128. The second-order valence-electron chi connectivity index (χ2n) is 4.17. The molecule has 0 spiro atoms. The van der Waals surface area contributed by atoms with Crippen molar-refractivity contribution in [3.63, 3.8) is 0 Å². The van der Waals surface area contributed by atoms with E-state index in [1.807, 2.05) is 0 Å². The lowest BCUT2D eigenvalue weighted by Crippen LogP contribution is -2.41. The molecule has 0 aliphatic carbocycles. The first-order valence-corrected chi connectivity index (χ1v) is 5.39. The minimum Gasteiger partial charge on any atom is -0.299 e. The lowest BCUT2D eigenvalue weighted by atomic mass is 9.97. The molecular weight excluding hydrogens is 160 g/mol. The van der Waals surface area contributed by atoms with Crippen molar-refractivity contribution >= 4 is 0 Å². The Morgan fingerprint density at radius 2 is 2.38 bits per heavy atom. The SMILES string of the molecule is CCC(CC#N)N1CCCC(C)C1. The Bertz CT molecular complexity index is 183. The van der Waals surface area contributed by atoms with Crippen molar-refractivity contribution in [3.8, 4) is 6.07 Å². The summed E-state index contributed by atoms with van der Waals surface area (Å²) < 4.78 is 0. The number of likely N-dealkylation sites (tertiary alicyclic amines) is 1. The molecule has 0 aromatic heterocycles. The van der Waals surface area contributed by atoms with Crippen LogP contribution in [0.3, 0.4) is 0 Å². The molecule has 0 bridgehead atoms. The van der Waals surface area contributed by atoms with Gasteiger partial charge < -0.3 is 0 Å². The van der Waals surface area contributed by atoms with Gasteiger partial charge >= 0.3 is 0 Å². The van der Waals surface area contributed by atoms with E-state index in [0.29, 0.717) is 12.5 Å². The van der Waals surface area contributed by atoms with Crippen LogP contribution in [0.5, 0.6) is 0 Å². The standard InChI is InChI=1S/C11H20N2/c1-3-11(6-7-12)13-8-4-5-10(2)9-13/h10-11H,3-6,8-9H2,1-2H3. The van der Waals surface area contributed by atoms with Crippen LogP contribution in [-0.2, 0) is 0 Å². The monoisotopic (exact) mass is 180 g/mol. The largest absolute Gasteiger partial charge is 0.299 e. The Labute approximate surface area is 81.5 Å². The molecule has 1 heterocycles. The molecule has 0 amide bonds. The van der Waals surface area contributed by atoms with E-state index in [1.54, 1.807) is 0 Å². The number of nitriles is 1. The Morgan fingerprint density at radius 3 is 2.92 bits per heavy atom. The Balaban J connectivity index is 2.43. The van der Waals surface area contributed by atoms with E-state index in [0.717, 1.165) is 12.3 Å². The summed E-state index contributed by atoms with van der Waals surface area (Å²) in [5, 5.41) is 8.69. The molecule has 2 heteroatoms. The van der Waals surface area contributed by atoms with Crippen molar-refractivity contribution < 1.29 is 0 Å². The summed E-state index contributed by atoms with van der Waals surface area (Å²) >= 11 is 0. The van der Waals surface area contributed by atoms with Crippen LogP contribution >= 0.6 is 0 Å². The number of hydrogen-bond acceptors (Lipinski definition) is 2. The third-order valence-corrected chi connectivity index (χ3v) is 3.00. The van der Waals surface area contributed by atoms with E-state index in [4.69, 9.17) is 5.26 Å². The molecule has 2 atom stereocenters. The summed E-state index contributed by atoms with van der Waals surface area (Å²) in [5.74, 6) is 0.821. The van der Waals surface area contributed by atoms with Crippen LogP contribution in [0.15, 0.2) is 0 Å². The van der Waals surface area contributed by atoms with Gasteiger partial charge in [-0.3, -0.25) is 4.90 Å². The van der Waals surface area contributed by atoms with Crippen molar-refractivity contribution in [1.82, 2.24) is 4.90 Å². The molecule has 0 aromatic rings. The zero-order chi connectivity index (χ0) is 9.68. The number of piperidine rings is 1. The predicted molar refractivity (Wildman–Crippen MR) is 54.3 cm³/mol. The van der Waals surface area contributed by atoms with Crippen LogP contribution in [0.4, 0.5) is 0 Å². The van der Waals surface area contributed by atoms with Gasteiger partial charge in [-0.1, -0.05) is 13.8 Å². The first-order valence-electron chi connectivity index (χ1n) is 5.39. The number of rotatable bonds is 3. The minimum absolute atomic E-state index is 0.507. The Kier molecular flexibility index (Phi) is 4.24. The van der Waals surface area contributed by atoms with Crippen LogP contribution in [0.1, 0.15) is 39.5 Å². The second kappa shape index (κ2) is 5.24. The quantitative estimate of drug-likeness (QED) is 0.667. The molecule has 1 saturated heterocycles. The smallest absolute Gasteiger partial charge is 0.0638 e. The van der Waals surface area contributed by atoms with Crippen molar-refractivity contribution in [2.24, 2.45) is 5.92 Å². The van der Waals surface area contributed by atoms with Crippen molar-refractivity contribution in [3.05, 3.63) is 0 Å². The molecule has 0 saturated carbocycles. The van der Waals surface area contributed by atoms with Crippen LogP contribution in [0.25, 0.3) is 0 Å². The third-order valence-electron chi connectivity index (χ3n) is 3.00. The highest BCUT2D eigenvalue weighted by Crippen LogP contribution is 2.20. The van der Waals surface area contributed by atoms with Gasteiger partial charge in [-0.2, -0.15) is 5.26 Å². The van der Waals surface area contributed by atoms with Gasteiger partial charge in [0.25, 0.3) is 0 Å². The number of nitrogens with zero attached hydrogens (tertiary/aromatic N) is 2. The maximum Gasteiger partial charge on any atom is 0.0638 e. The maximum absolute atomic E-state index is 8.69. The highest BCUT2D eigenvalue weighted by atomic mass is 15.2. The van der Waals surface area contributed by atoms with Gasteiger partial charge in [0.1, 0.15) is 0 Å². The molecule has 2 nitrogen and oxygen atoms in total. The van der Waals surface area contributed by atoms with Crippen molar-refractivity contribution in [2.75, 3.05) is 13.1 Å². The fraction of sp³-hybridized carbons (Fsp3) is 0.909. The van der Waals surface area contributed by atoms with E-state index in [2.05, 4.69) is 24.8 Å². The topological polar surface area (TPSA) is 27.0 Å². The molecule has 1 aliphatic heterocycles. The molecule has 0 N–H and O–H groups in total. The van der Waals surface area contributed by atoms with Gasteiger partial charge in [0, 0.05) is 12.6 Å². The molecule has 74 valence electrons. The fourth-order valence-corrected chi connectivity index (χ4v) is 2.19. The first kappa shape index (κ1) is 10.5. The van der Waals surface area contributed by atoms with Gasteiger partial charge in [0.05, 0.1) is 12.5 Å². The average molecular weight is 180 g/mol. The molecule has 1 aliphatic rings. The molecule has 0 aromatic carbocycles. The van der Waals surface area contributed by atoms with Crippen LogP contribution in [-0.4, -0.2) is 24.0 Å². The maximum atomic E-state index is 8.69. The summed E-state index contributed by atoms with van der Waals surface area (Å²) in [6, 6.07) is 2.80. The van der Waals surface area contributed by atoms with E-state index >= 15 is 0 Å². The molecule has 1 fully saturated rings. The molecule has 2 unspecified atom stereocenters. The van der Waals surface area contributed by atoms with Gasteiger partial charge in [-0.05, 0) is 31.7 Å². The zero-order valence-electron chi connectivity index (χ0n) is 8.79.